The molecule has 0 aliphatic rings. The number of hydrogen-bond acceptors (Lipinski definition) is 5. The summed E-state index contributed by atoms with van der Waals surface area (Å²) < 4.78 is 9.23. The van der Waals surface area contributed by atoms with Crippen molar-refractivity contribution >= 4 is 22.8 Å². The number of rotatable bonds is 8. The summed E-state index contributed by atoms with van der Waals surface area (Å²) in [6, 6.07) is 24.5. The van der Waals surface area contributed by atoms with Crippen LogP contribution in [0.25, 0.3) is 11.0 Å². The summed E-state index contributed by atoms with van der Waals surface area (Å²) in [5.74, 6) is 0.269. The van der Waals surface area contributed by atoms with Crippen molar-refractivity contribution in [3.8, 4) is 5.88 Å². The quantitative estimate of drug-likeness (QED) is 0.322. The number of aryl methyl sites for hydroxylation is 2. The number of fused-ring (bicyclic) bond motifs is 1. The third-order valence-corrected chi connectivity index (χ3v) is 6.57. The minimum atomic E-state index is -1.44. The van der Waals surface area contributed by atoms with Crippen molar-refractivity contribution in [3.05, 3.63) is 107 Å². The number of nitrogens with zero attached hydrogens (tertiary/aromatic N) is 4. The van der Waals surface area contributed by atoms with Gasteiger partial charge in [0.15, 0.2) is 11.4 Å². The Bertz CT molecular complexity index is 1500. The van der Waals surface area contributed by atoms with Gasteiger partial charge in [0.25, 0.3) is 5.91 Å². The Morgan fingerprint density at radius 1 is 0.973 bits per heavy atom. The normalized spacial score (nSPS) is 11.6. The van der Waals surface area contributed by atoms with E-state index in [9.17, 15) is 9.90 Å². The number of anilines is 1. The molecule has 8 heteroatoms. The molecule has 2 aromatic carbocycles. The maximum absolute atomic E-state index is 13.2. The van der Waals surface area contributed by atoms with Crippen molar-refractivity contribution in [2.75, 3.05) is 12.4 Å². The molecule has 3 aromatic heterocycles. The second kappa shape index (κ2) is 9.91. The van der Waals surface area contributed by atoms with Gasteiger partial charge in [-0.2, -0.15) is 5.10 Å². The van der Waals surface area contributed by atoms with Crippen LogP contribution in [0.15, 0.2) is 85.1 Å². The van der Waals surface area contributed by atoms with Crippen LogP contribution < -0.4 is 10.1 Å². The SMILES string of the molecule is CCn1ccc(NC(=O)c2cc3c(cc(C(O)(c4ccccc4)c4ccccc4)n3CC)nc2OC)n1. The molecule has 5 aromatic rings. The van der Waals surface area contributed by atoms with Crippen molar-refractivity contribution in [2.45, 2.75) is 32.5 Å². The van der Waals surface area contributed by atoms with Gasteiger partial charge in [0.05, 0.1) is 23.8 Å². The molecule has 3 heterocycles. The Kier molecular flexibility index (Phi) is 6.50. The fraction of sp³-hybridized carbons (Fsp3) is 0.207. The van der Waals surface area contributed by atoms with Crippen molar-refractivity contribution in [3.63, 3.8) is 0 Å². The Hall–Kier alpha value is -4.43. The molecule has 1 amide bonds. The first-order valence-corrected chi connectivity index (χ1v) is 12.3. The summed E-state index contributed by atoms with van der Waals surface area (Å²) in [5, 5.41) is 19.6. The van der Waals surface area contributed by atoms with E-state index in [-0.39, 0.29) is 17.4 Å². The minimum absolute atomic E-state index is 0.197. The van der Waals surface area contributed by atoms with E-state index in [1.165, 1.54) is 7.11 Å². The second-order valence-corrected chi connectivity index (χ2v) is 8.68. The Morgan fingerprint density at radius 2 is 1.62 bits per heavy atom. The van der Waals surface area contributed by atoms with E-state index in [1.807, 2.05) is 85.1 Å². The first-order chi connectivity index (χ1) is 18.0. The Morgan fingerprint density at radius 3 is 2.16 bits per heavy atom. The van der Waals surface area contributed by atoms with Gasteiger partial charge in [-0.1, -0.05) is 60.7 Å². The molecule has 0 spiro atoms. The molecule has 0 saturated carbocycles. The highest BCUT2D eigenvalue weighted by Crippen LogP contribution is 2.39. The summed E-state index contributed by atoms with van der Waals surface area (Å²) in [6.07, 6.45) is 1.80. The van der Waals surface area contributed by atoms with Crippen molar-refractivity contribution < 1.29 is 14.6 Å². The molecule has 0 aliphatic carbocycles. The monoisotopic (exact) mass is 495 g/mol. The van der Waals surface area contributed by atoms with Crippen LogP contribution in [0.5, 0.6) is 5.88 Å². The summed E-state index contributed by atoms with van der Waals surface area (Å²) >= 11 is 0. The fourth-order valence-corrected chi connectivity index (χ4v) is 4.73. The topological polar surface area (TPSA) is 94.2 Å². The largest absolute Gasteiger partial charge is 0.480 e. The molecule has 8 nitrogen and oxygen atoms in total. The molecule has 37 heavy (non-hydrogen) atoms. The van der Waals surface area contributed by atoms with Crippen LogP contribution in [0.4, 0.5) is 5.82 Å². The molecule has 0 radical (unpaired) electrons. The van der Waals surface area contributed by atoms with E-state index >= 15 is 0 Å². The zero-order valence-electron chi connectivity index (χ0n) is 21.0. The number of aliphatic hydroxyl groups is 1. The minimum Gasteiger partial charge on any atom is -0.480 e. The van der Waals surface area contributed by atoms with Gasteiger partial charge in [-0.05, 0) is 37.1 Å². The predicted octanol–water partition coefficient (Wildman–Crippen LogP) is 4.82. The van der Waals surface area contributed by atoms with E-state index in [4.69, 9.17) is 4.74 Å². The second-order valence-electron chi connectivity index (χ2n) is 8.68. The van der Waals surface area contributed by atoms with Crippen LogP contribution in [0.2, 0.25) is 0 Å². The molecule has 2 N–H and O–H groups in total. The standard InChI is InChI=1S/C29H29N5O3/c1-4-33-17-16-26(32-33)31-27(35)22-18-24-23(30-28(22)37-3)19-25(34(24)5-2)29(36,20-12-8-6-9-13-20)21-14-10-7-11-15-21/h6-19,36H,4-5H2,1-3H3,(H,31,32,35). The van der Waals surface area contributed by atoms with Gasteiger partial charge in [-0.3, -0.25) is 9.48 Å². The van der Waals surface area contributed by atoms with Crippen LogP contribution in [-0.4, -0.2) is 37.5 Å². The number of aromatic nitrogens is 4. The number of amides is 1. The highest BCUT2D eigenvalue weighted by Gasteiger charge is 2.37. The highest BCUT2D eigenvalue weighted by molar-refractivity contribution is 6.07. The van der Waals surface area contributed by atoms with E-state index in [2.05, 4.69) is 15.4 Å². The Labute approximate surface area is 215 Å². The molecular weight excluding hydrogens is 466 g/mol. The molecular formula is C29H29N5O3. The van der Waals surface area contributed by atoms with Gasteiger partial charge in [0.2, 0.25) is 5.88 Å². The number of nitrogens with one attached hydrogen (secondary N) is 1. The third kappa shape index (κ3) is 4.25. The van der Waals surface area contributed by atoms with E-state index in [0.717, 1.165) is 11.1 Å². The summed E-state index contributed by atoms with van der Waals surface area (Å²) in [6.45, 7) is 5.23. The molecule has 5 rings (SSSR count). The maximum Gasteiger partial charge on any atom is 0.262 e. The lowest BCUT2D eigenvalue weighted by molar-refractivity contribution is 0.102. The lowest BCUT2D eigenvalue weighted by atomic mass is 9.83. The lowest BCUT2D eigenvalue weighted by Crippen LogP contribution is -2.31. The van der Waals surface area contributed by atoms with Gasteiger partial charge in [-0.25, -0.2) is 4.98 Å². The molecule has 0 saturated heterocycles. The van der Waals surface area contributed by atoms with Crippen LogP contribution >= 0.6 is 0 Å². The number of carbonyl (C=O) groups is 1. The van der Waals surface area contributed by atoms with Gasteiger partial charge in [0, 0.05) is 25.4 Å². The van der Waals surface area contributed by atoms with Gasteiger partial charge < -0.3 is 19.7 Å². The van der Waals surface area contributed by atoms with Crippen LogP contribution in [0.3, 0.4) is 0 Å². The van der Waals surface area contributed by atoms with Crippen LogP contribution in [0.1, 0.15) is 41.0 Å². The van der Waals surface area contributed by atoms with Crippen LogP contribution in [-0.2, 0) is 18.7 Å². The average molecular weight is 496 g/mol. The van der Waals surface area contributed by atoms with E-state index in [0.29, 0.717) is 35.6 Å². The Balaban J connectivity index is 1.68. The molecule has 0 atom stereocenters. The van der Waals surface area contributed by atoms with Crippen molar-refractivity contribution in [1.82, 2.24) is 19.3 Å². The summed E-state index contributed by atoms with van der Waals surface area (Å²) in [5.41, 5.74) is 2.28. The number of methoxy groups -OCH3 is 1. The molecule has 0 fully saturated rings. The number of carbonyl (C=O) groups excluding carboxylic acids is 1. The summed E-state index contributed by atoms with van der Waals surface area (Å²) in [7, 11) is 1.48. The average Bonchev–Trinajstić information content (AvgIpc) is 3.56. The summed E-state index contributed by atoms with van der Waals surface area (Å²) in [4.78, 5) is 17.9. The fourth-order valence-electron chi connectivity index (χ4n) is 4.73. The van der Waals surface area contributed by atoms with E-state index < -0.39 is 5.60 Å². The maximum atomic E-state index is 13.2. The third-order valence-electron chi connectivity index (χ3n) is 6.57. The molecule has 0 unspecified atom stereocenters. The van der Waals surface area contributed by atoms with Crippen molar-refractivity contribution in [2.24, 2.45) is 0 Å². The first-order valence-electron chi connectivity index (χ1n) is 12.3. The molecule has 0 bridgehead atoms. The van der Waals surface area contributed by atoms with Gasteiger partial charge in [-0.15, -0.1) is 0 Å². The lowest BCUT2D eigenvalue weighted by Gasteiger charge is -2.31. The molecule has 0 aliphatic heterocycles. The molecule has 188 valence electrons. The zero-order chi connectivity index (χ0) is 26.0. The van der Waals surface area contributed by atoms with Gasteiger partial charge in [0.1, 0.15) is 5.56 Å². The van der Waals surface area contributed by atoms with Gasteiger partial charge >= 0.3 is 0 Å². The number of benzene rings is 2. The van der Waals surface area contributed by atoms with Crippen LogP contribution in [0, 0.1) is 0 Å². The smallest absolute Gasteiger partial charge is 0.262 e. The van der Waals surface area contributed by atoms with E-state index in [1.54, 1.807) is 23.0 Å². The zero-order valence-corrected chi connectivity index (χ0v) is 21.0. The first kappa shape index (κ1) is 24.3. The number of pyridine rings is 1. The number of ether oxygens (including phenoxy) is 1. The van der Waals surface area contributed by atoms with Crippen molar-refractivity contribution in [1.29, 1.82) is 0 Å². The highest BCUT2D eigenvalue weighted by atomic mass is 16.5. The number of hydrogen-bond donors (Lipinski definition) is 2. The predicted molar refractivity (Wildman–Crippen MR) is 143 cm³/mol.